The molecule has 0 spiro atoms. The molecule has 5 atom stereocenters. The number of nitrogens with one attached hydrogen (secondary N) is 3. The van der Waals surface area contributed by atoms with Gasteiger partial charge in [0.1, 0.15) is 12.3 Å². The van der Waals surface area contributed by atoms with Gasteiger partial charge in [0.2, 0.25) is 5.91 Å². The number of aliphatic hydroxyl groups is 1. The van der Waals surface area contributed by atoms with E-state index in [9.17, 15) is 52.8 Å². The summed E-state index contributed by atoms with van der Waals surface area (Å²) >= 11 is 0. The standard InChI is InChI=1S/C23H29N4O15P3/c28-18-10-21(40-19(18)13-39-44(35,36)42-45(37,38)41-43(32,33)34)27-12-15(22(30)26-23(27)31)4-3-9-24-20(29)8-7-14-11-25-17-6-2-1-5-16(14)17/h1-6,11-12,18-19,21,25,28H,7-10,13H2,(H,24,29)(H,35,36)(H,37,38)(H,26,30,31)(H2,32,33,34)/p-4/b4-3+. The molecule has 2 aromatic heterocycles. The fourth-order valence-electron chi connectivity index (χ4n) is 4.35. The third kappa shape index (κ3) is 9.98. The van der Waals surface area contributed by atoms with E-state index in [2.05, 4.69) is 28.4 Å². The molecule has 45 heavy (non-hydrogen) atoms. The molecule has 1 fully saturated rings. The Labute approximate surface area is 252 Å². The van der Waals surface area contributed by atoms with E-state index in [0.717, 1.165) is 27.2 Å². The van der Waals surface area contributed by atoms with Crippen LogP contribution in [0.3, 0.4) is 0 Å². The van der Waals surface area contributed by atoms with Crippen molar-refractivity contribution in [1.82, 2.24) is 19.9 Å². The molecule has 0 radical (unpaired) electrons. The number of nitrogens with zero attached hydrogens (tertiary/aromatic N) is 1. The first kappa shape index (κ1) is 34.8. The summed E-state index contributed by atoms with van der Waals surface area (Å²) in [6.45, 7) is -1.00. The minimum absolute atomic E-state index is 0.0295. The average Bonchev–Trinajstić information content (AvgIpc) is 3.50. The van der Waals surface area contributed by atoms with Gasteiger partial charge in [-0.05, 0) is 18.1 Å². The van der Waals surface area contributed by atoms with Crippen LogP contribution in [0.2, 0.25) is 0 Å². The molecule has 1 aliphatic rings. The first-order chi connectivity index (χ1) is 21.0. The van der Waals surface area contributed by atoms with Crippen molar-refractivity contribution in [2.24, 2.45) is 0 Å². The number of phosphoric ester groups is 1. The molecule has 1 aliphatic heterocycles. The smallest absolute Gasteiger partial charge is 0.330 e. The van der Waals surface area contributed by atoms with Crippen LogP contribution in [-0.4, -0.2) is 50.9 Å². The van der Waals surface area contributed by atoms with Gasteiger partial charge in [-0.3, -0.25) is 32.6 Å². The van der Waals surface area contributed by atoms with Crippen LogP contribution in [-0.2, 0) is 42.8 Å². The number of amides is 1. The summed E-state index contributed by atoms with van der Waals surface area (Å²) in [7, 11) is -18.2. The summed E-state index contributed by atoms with van der Waals surface area (Å²) in [5.41, 5.74) is 0.211. The van der Waals surface area contributed by atoms with Crippen LogP contribution >= 0.6 is 23.5 Å². The maximum atomic E-state index is 12.4. The first-order valence-corrected chi connectivity index (χ1v) is 17.3. The fraction of sp³-hybridized carbons (Fsp3) is 0.348. The van der Waals surface area contributed by atoms with Gasteiger partial charge < -0.3 is 48.8 Å². The van der Waals surface area contributed by atoms with Crippen molar-refractivity contribution in [3.8, 4) is 0 Å². The molecule has 0 aliphatic carbocycles. The molecule has 3 heterocycles. The maximum absolute atomic E-state index is 12.4. The Morgan fingerprint density at radius 1 is 1.13 bits per heavy atom. The van der Waals surface area contributed by atoms with Crippen LogP contribution in [0.5, 0.6) is 0 Å². The summed E-state index contributed by atoms with van der Waals surface area (Å²) in [6.07, 6.45) is 1.96. The predicted molar refractivity (Wildman–Crippen MR) is 145 cm³/mol. The number of fused-ring (bicyclic) bond motifs is 1. The van der Waals surface area contributed by atoms with E-state index >= 15 is 0 Å². The van der Waals surface area contributed by atoms with Crippen LogP contribution in [0.4, 0.5) is 0 Å². The van der Waals surface area contributed by atoms with E-state index in [-0.39, 0.29) is 30.9 Å². The number of benzene rings is 1. The van der Waals surface area contributed by atoms with Gasteiger partial charge in [0.25, 0.3) is 21.2 Å². The Morgan fingerprint density at radius 3 is 2.60 bits per heavy atom. The summed E-state index contributed by atoms with van der Waals surface area (Å²) in [5, 5.41) is 14.0. The lowest BCUT2D eigenvalue weighted by atomic mass is 10.1. The second-order valence-electron chi connectivity index (χ2n) is 9.55. The Balaban J connectivity index is 1.31. The van der Waals surface area contributed by atoms with E-state index < -0.39 is 59.8 Å². The number of phosphoric acid groups is 3. The Kier molecular flexibility index (Phi) is 11.0. The number of H-pyrrole nitrogens is 2. The third-order valence-corrected chi connectivity index (χ3v) is 9.98. The monoisotopic (exact) mass is 690 g/mol. The van der Waals surface area contributed by atoms with Crippen molar-refractivity contribution in [2.75, 3.05) is 13.2 Å². The molecule has 22 heteroatoms. The lowest BCUT2D eigenvalue weighted by molar-refractivity contribution is -0.339. The number of aromatic amines is 2. The summed E-state index contributed by atoms with van der Waals surface area (Å²) in [5.74, 6) is -0.236. The number of aromatic nitrogens is 3. The number of aliphatic hydroxyl groups excluding tert-OH is 1. The second kappa shape index (κ2) is 14.2. The zero-order valence-corrected chi connectivity index (χ0v) is 25.5. The highest BCUT2D eigenvalue weighted by Gasteiger charge is 2.37. The van der Waals surface area contributed by atoms with Crippen molar-refractivity contribution < 1.29 is 61.1 Å². The number of ether oxygens (including phenoxy) is 1. The first-order valence-electron chi connectivity index (χ1n) is 12.9. The minimum atomic E-state index is -6.18. The molecule has 0 bridgehead atoms. The van der Waals surface area contributed by atoms with Crippen molar-refractivity contribution >= 4 is 46.4 Å². The molecule has 246 valence electrons. The zero-order chi connectivity index (χ0) is 33.0. The van der Waals surface area contributed by atoms with Crippen molar-refractivity contribution in [3.05, 3.63) is 74.7 Å². The van der Waals surface area contributed by atoms with Crippen LogP contribution in [0.25, 0.3) is 17.0 Å². The quantitative estimate of drug-likeness (QED) is 0.136. The highest BCUT2D eigenvalue weighted by Crippen LogP contribution is 2.60. The number of aryl methyl sites for hydroxylation is 1. The number of hydrogen-bond acceptors (Lipinski definition) is 15. The van der Waals surface area contributed by atoms with Crippen LogP contribution in [0, 0.1) is 0 Å². The van der Waals surface area contributed by atoms with Gasteiger partial charge >= 0.3 is 5.69 Å². The summed E-state index contributed by atoms with van der Waals surface area (Å²) in [4.78, 5) is 86.1. The molecule has 4 N–H and O–H groups in total. The van der Waals surface area contributed by atoms with Gasteiger partial charge in [-0.15, -0.1) is 0 Å². The van der Waals surface area contributed by atoms with Gasteiger partial charge in [0.05, 0.1) is 26.1 Å². The molecule has 1 aromatic carbocycles. The minimum Gasteiger partial charge on any atom is -0.790 e. The maximum Gasteiger partial charge on any atom is 0.330 e. The van der Waals surface area contributed by atoms with Crippen LogP contribution in [0.15, 0.2) is 52.3 Å². The van der Waals surface area contributed by atoms with Gasteiger partial charge in [-0.25, -0.2) is 9.11 Å². The van der Waals surface area contributed by atoms with Crippen LogP contribution in [0.1, 0.15) is 30.2 Å². The molecule has 4 rings (SSSR count). The fourth-order valence-corrected chi connectivity index (χ4v) is 7.22. The molecule has 1 amide bonds. The molecule has 0 saturated carbocycles. The van der Waals surface area contributed by atoms with Gasteiger partial charge in [-0.1, -0.05) is 30.4 Å². The summed E-state index contributed by atoms with van der Waals surface area (Å²) < 4.78 is 50.6. The SMILES string of the molecule is O=C(CCc1c[nH]c2ccccc12)NC/C=C/c1cn(C2CC(O)C(COP(=O)([O-])OP(=O)([O-])OP(=O)([O-])[O-])O2)c(=O)[nH]c1=O. The highest BCUT2D eigenvalue weighted by atomic mass is 31.3. The van der Waals surface area contributed by atoms with E-state index in [4.69, 9.17) is 4.74 Å². The number of carbonyl (C=O) groups excluding carboxylic acids is 1. The third-order valence-electron chi connectivity index (χ3n) is 6.32. The number of hydrogen-bond donors (Lipinski definition) is 4. The lowest BCUT2D eigenvalue weighted by Gasteiger charge is -2.37. The Bertz CT molecular complexity index is 1830. The number of rotatable bonds is 14. The van der Waals surface area contributed by atoms with Gasteiger partial charge in [0.15, 0.2) is 0 Å². The second-order valence-corrected chi connectivity index (χ2v) is 13.8. The van der Waals surface area contributed by atoms with Crippen molar-refractivity contribution in [3.63, 3.8) is 0 Å². The topological polar surface area (TPSA) is 300 Å². The summed E-state index contributed by atoms with van der Waals surface area (Å²) in [6, 6.07) is 7.68. The zero-order valence-electron chi connectivity index (χ0n) is 22.8. The molecular weight excluding hydrogens is 665 g/mol. The molecular formula is C23H25N4O15P3-4. The molecule has 1 saturated heterocycles. The highest BCUT2D eigenvalue weighted by molar-refractivity contribution is 7.64. The van der Waals surface area contributed by atoms with Crippen molar-refractivity contribution in [1.29, 1.82) is 0 Å². The Hall–Kier alpha value is -3.02. The van der Waals surface area contributed by atoms with Gasteiger partial charge in [0, 0.05) is 42.7 Å². The molecule has 5 unspecified atom stereocenters. The average molecular weight is 690 g/mol. The number of carbonyl (C=O) groups is 1. The van der Waals surface area contributed by atoms with Crippen molar-refractivity contribution in [2.45, 2.75) is 37.7 Å². The van der Waals surface area contributed by atoms with E-state index in [1.54, 1.807) is 0 Å². The van der Waals surface area contributed by atoms with Crippen LogP contribution < -0.4 is 36.1 Å². The largest absolute Gasteiger partial charge is 0.790 e. The lowest BCUT2D eigenvalue weighted by Crippen LogP contribution is -2.33. The van der Waals surface area contributed by atoms with Gasteiger partial charge in [-0.2, -0.15) is 0 Å². The van der Waals surface area contributed by atoms with E-state index in [0.29, 0.717) is 6.42 Å². The predicted octanol–water partition coefficient (Wildman–Crippen LogP) is -1.76. The van der Waals surface area contributed by atoms with E-state index in [1.807, 2.05) is 30.5 Å². The molecule has 3 aromatic rings. The number of para-hydroxylation sites is 1. The van der Waals surface area contributed by atoms with E-state index in [1.165, 1.54) is 12.2 Å². The Morgan fingerprint density at radius 2 is 1.87 bits per heavy atom. The normalized spacial score (nSPS) is 21.6. The molecule has 19 nitrogen and oxygen atoms in total.